The Bertz CT molecular complexity index is 896. The van der Waals surface area contributed by atoms with Crippen LogP contribution in [0.2, 0.25) is 5.02 Å². The zero-order valence-electron chi connectivity index (χ0n) is 13.8. The number of nitrogens with one attached hydrogen (secondary N) is 2. The monoisotopic (exact) mass is 396 g/mol. The molecule has 2 rings (SSSR count). The average Bonchev–Trinajstić information content (AvgIpc) is 2.57. The number of phenolic OH excluding ortho intramolecular Hbond substituents is 1. The van der Waals surface area contributed by atoms with Crippen LogP contribution >= 0.6 is 11.6 Å². The number of halogens is 1. The number of hydrogen-bond acceptors (Lipinski definition) is 5. The summed E-state index contributed by atoms with van der Waals surface area (Å²) < 4.78 is 24.6. The summed E-state index contributed by atoms with van der Waals surface area (Å²) in [5.74, 6) is -2.34. The summed E-state index contributed by atoms with van der Waals surface area (Å²) in [7, 11) is -4.01. The summed E-state index contributed by atoms with van der Waals surface area (Å²) in [4.78, 5) is 24.1. The molecular weight excluding hydrogens is 380 g/mol. The number of carbonyl (C=O) groups excluding carboxylic acids is 2. The number of rotatable bonds is 6. The average molecular weight is 397 g/mol. The molecule has 2 aromatic carbocycles. The first-order chi connectivity index (χ1) is 12.2. The molecule has 9 heteroatoms. The van der Waals surface area contributed by atoms with E-state index in [9.17, 15) is 23.1 Å². The van der Waals surface area contributed by atoms with E-state index in [1.807, 2.05) is 0 Å². The molecule has 3 N–H and O–H groups in total. The molecule has 138 valence electrons. The van der Waals surface area contributed by atoms with Gasteiger partial charge < -0.3 is 15.7 Å². The topological polar surface area (TPSA) is 113 Å². The lowest BCUT2D eigenvalue weighted by atomic mass is 10.3. The highest BCUT2D eigenvalue weighted by atomic mass is 35.5. The number of amides is 2. The number of benzene rings is 2. The van der Waals surface area contributed by atoms with Crippen molar-refractivity contribution in [2.75, 3.05) is 16.4 Å². The zero-order valence-corrected chi connectivity index (χ0v) is 15.3. The van der Waals surface area contributed by atoms with E-state index in [1.165, 1.54) is 43.3 Å². The summed E-state index contributed by atoms with van der Waals surface area (Å²) in [6.45, 7) is 1.21. The Morgan fingerprint density at radius 3 is 2.08 bits per heavy atom. The molecule has 1 atom stereocenters. The first-order valence-corrected chi connectivity index (χ1v) is 9.63. The molecule has 0 fully saturated rings. The molecule has 0 bridgehead atoms. The van der Waals surface area contributed by atoms with Crippen molar-refractivity contribution in [3.63, 3.8) is 0 Å². The summed E-state index contributed by atoms with van der Waals surface area (Å²) in [5.41, 5.74) is 0.733. The SMILES string of the molecule is CC(C(=O)Nc1ccc(O)cc1)S(=O)(=O)CC(=O)Nc1ccc(Cl)cc1. The van der Waals surface area contributed by atoms with Gasteiger partial charge in [0, 0.05) is 16.4 Å². The van der Waals surface area contributed by atoms with Crippen LogP contribution < -0.4 is 10.6 Å². The molecule has 0 spiro atoms. The van der Waals surface area contributed by atoms with Gasteiger partial charge in [-0.25, -0.2) is 8.42 Å². The highest BCUT2D eigenvalue weighted by molar-refractivity contribution is 7.93. The smallest absolute Gasteiger partial charge is 0.242 e. The Balaban J connectivity index is 1.98. The normalized spacial score (nSPS) is 12.2. The van der Waals surface area contributed by atoms with Gasteiger partial charge in [-0.1, -0.05) is 11.6 Å². The first kappa shape index (κ1) is 19.7. The van der Waals surface area contributed by atoms with Crippen LogP contribution in [0.25, 0.3) is 0 Å². The Labute approximate surface area is 155 Å². The molecule has 26 heavy (non-hydrogen) atoms. The summed E-state index contributed by atoms with van der Waals surface area (Å²) in [6.07, 6.45) is 0. The number of phenols is 1. The fourth-order valence-corrected chi connectivity index (χ4v) is 3.19. The lowest BCUT2D eigenvalue weighted by Crippen LogP contribution is -2.37. The first-order valence-electron chi connectivity index (χ1n) is 7.54. The van der Waals surface area contributed by atoms with Gasteiger partial charge in [0.15, 0.2) is 9.84 Å². The van der Waals surface area contributed by atoms with Crippen molar-refractivity contribution in [3.8, 4) is 5.75 Å². The maximum absolute atomic E-state index is 12.3. The van der Waals surface area contributed by atoms with Crippen LogP contribution in [0.4, 0.5) is 11.4 Å². The van der Waals surface area contributed by atoms with Crippen LogP contribution in [0.3, 0.4) is 0 Å². The lowest BCUT2D eigenvalue weighted by molar-refractivity contribution is -0.115. The van der Waals surface area contributed by atoms with Crippen LogP contribution in [0.1, 0.15) is 6.92 Å². The van der Waals surface area contributed by atoms with Gasteiger partial charge in [-0.15, -0.1) is 0 Å². The van der Waals surface area contributed by atoms with Crippen molar-refractivity contribution < 1.29 is 23.1 Å². The van der Waals surface area contributed by atoms with Gasteiger partial charge in [-0.3, -0.25) is 9.59 Å². The summed E-state index contributed by atoms with van der Waals surface area (Å²) in [6, 6.07) is 11.8. The van der Waals surface area contributed by atoms with Gasteiger partial charge in [0.25, 0.3) is 0 Å². The van der Waals surface area contributed by atoms with E-state index in [4.69, 9.17) is 11.6 Å². The van der Waals surface area contributed by atoms with Crippen LogP contribution in [-0.4, -0.2) is 36.3 Å². The third kappa shape index (κ3) is 5.47. The fraction of sp³-hybridized carbons (Fsp3) is 0.176. The van der Waals surface area contributed by atoms with Crippen LogP contribution in [0, 0.1) is 0 Å². The quantitative estimate of drug-likeness (QED) is 0.649. The molecule has 0 heterocycles. The molecule has 0 aliphatic rings. The second-order valence-electron chi connectivity index (χ2n) is 5.54. The van der Waals surface area contributed by atoms with Gasteiger partial charge in [0.2, 0.25) is 11.8 Å². The number of sulfone groups is 1. The van der Waals surface area contributed by atoms with Crippen molar-refractivity contribution in [1.82, 2.24) is 0 Å². The van der Waals surface area contributed by atoms with Crippen LogP contribution in [0.15, 0.2) is 48.5 Å². The van der Waals surface area contributed by atoms with Crippen molar-refractivity contribution in [2.45, 2.75) is 12.2 Å². The van der Waals surface area contributed by atoms with E-state index >= 15 is 0 Å². The van der Waals surface area contributed by atoms with E-state index in [1.54, 1.807) is 12.1 Å². The third-order valence-corrected chi connectivity index (χ3v) is 5.71. The molecule has 0 radical (unpaired) electrons. The summed E-state index contributed by atoms with van der Waals surface area (Å²) >= 11 is 5.74. The van der Waals surface area contributed by atoms with E-state index in [2.05, 4.69) is 10.6 Å². The maximum atomic E-state index is 12.3. The summed E-state index contributed by atoms with van der Waals surface area (Å²) in [5, 5.41) is 13.1. The number of aromatic hydroxyl groups is 1. The molecule has 0 aliphatic carbocycles. The van der Waals surface area contributed by atoms with Crippen molar-refractivity contribution >= 4 is 44.6 Å². The molecule has 0 aliphatic heterocycles. The molecule has 2 amide bonds. The molecule has 1 unspecified atom stereocenters. The minimum absolute atomic E-state index is 0.0162. The molecule has 2 aromatic rings. The Morgan fingerprint density at radius 1 is 1.00 bits per heavy atom. The minimum atomic E-state index is -4.01. The molecule has 0 saturated carbocycles. The largest absolute Gasteiger partial charge is 0.508 e. The Morgan fingerprint density at radius 2 is 1.50 bits per heavy atom. The molecule has 0 saturated heterocycles. The maximum Gasteiger partial charge on any atom is 0.242 e. The predicted molar refractivity (Wildman–Crippen MR) is 100 cm³/mol. The molecule has 0 aromatic heterocycles. The second-order valence-corrected chi connectivity index (χ2v) is 8.30. The van der Waals surface area contributed by atoms with Crippen LogP contribution in [-0.2, 0) is 19.4 Å². The highest BCUT2D eigenvalue weighted by Crippen LogP contribution is 2.16. The van der Waals surface area contributed by atoms with Gasteiger partial charge >= 0.3 is 0 Å². The Hall–Kier alpha value is -2.58. The van der Waals surface area contributed by atoms with E-state index < -0.39 is 32.7 Å². The van der Waals surface area contributed by atoms with E-state index in [-0.39, 0.29) is 5.75 Å². The van der Waals surface area contributed by atoms with Gasteiger partial charge in [0.05, 0.1) is 0 Å². The van der Waals surface area contributed by atoms with Crippen molar-refractivity contribution in [3.05, 3.63) is 53.6 Å². The highest BCUT2D eigenvalue weighted by Gasteiger charge is 2.30. The van der Waals surface area contributed by atoms with Crippen LogP contribution in [0.5, 0.6) is 5.75 Å². The van der Waals surface area contributed by atoms with Crippen molar-refractivity contribution in [1.29, 1.82) is 0 Å². The zero-order chi connectivity index (χ0) is 19.3. The van der Waals surface area contributed by atoms with E-state index in [0.29, 0.717) is 16.4 Å². The Kier molecular flexibility index (Phi) is 6.23. The fourth-order valence-electron chi connectivity index (χ4n) is 1.99. The number of anilines is 2. The lowest BCUT2D eigenvalue weighted by Gasteiger charge is -2.13. The molecular formula is C17H17ClN2O5S. The van der Waals surface area contributed by atoms with Crippen molar-refractivity contribution in [2.24, 2.45) is 0 Å². The minimum Gasteiger partial charge on any atom is -0.508 e. The number of hydrogen-bond donors (Lipinski definition) is 3. The van der Waals surface area contributed by atoms with Gasteiger partial charge in [-0.2, -0.15) is 0 Å². The molecule has 7 nitrogen and oxygen atoms in total. The predicted octanol–water partition coefficient (Wildman–Crippen LogP) is 2.43. The van der Waals surface area contributed by atoms with Gasteiger partial charge in [-0.05, 0) is 55.5 Å². The second kappa shape index (κ2) is 8.20. The third-order valence-electron chi connectivity index (χ3n) is 3.50. The number of carbonyl (C=O) groups is 2. The van der Waals surface area contributed by atoms with Gasteiger partial charge in [0.1, 0.15) is 16.8 Å². The van der Waals surface area contributed by atoms with E-state index in [0.717, 1.165) is 0 Å². The standard InChI is InChI=1S/C17H17ClN2O5S/c1-11(17(23)20-14-6-8-15(21)9-7-14)26(24,25)10-16(22)19-13-4-2-12(18)3-5-13/h2-9,11,21H,10H2,1H3,(H,19,22)(H,20,23).